The molecule has 0 spiro atoms. The number of imidazole rings is 1. The molecule has 0 aliphatic rings. The Morgan fingerprint density at radius 1 is 0.951 bits per heavy atom. The number of carbonyl (C=O) groups is 3. The van der Waals surface area contributed by atoms with E-state index in [9.17, 15) is 27.6 Å². The van der Waals surface area contributed by atoms with Gasteiger partial charge in [0.1, 0.15) is 24.8 Å². The van der Waals surface area contributed by atoms with Gasteiger partial charge in [0.15, 0.2) is 17.0 Å². The van der Waals surface area contributed by atoms with Crippen molar-refractivity contribution in [3.63, 3.8) is 0 Å². The highest BCUT2D eigenvalue weighted by Gasteiger charge is 2.32. The number of aromatic nitrogens is 4. The van der Waals surface area contributed by atoms with Gasteiger partial charge in [-0.1, -0.05) is 0 Å². The number of ether oxygens (including phenoxy) is 1. The van der Waals surface area contributed by atoms with Crippen LogP contribution in [-0.4, -0.2) is 54.7 Å². The smallest absolute Gasteiger partial charge is 0.416 e. The molecule has 0 unspecified atom stereocenters. The largest absolute Gasteiger partial charge is 0.478 e. The van der Waals surface area contributed by atoms with E-state index in [4.69, 9.17) is 9.84 Å². The van der Waals surface area contributed by atoms with E-state index < -0.39 is 40.9 Å². The van der Waals surface area contributed by atoms with E-state index >= 15 is 0 Å². The molecule has 0 aliphatic carbocycles. The Bertz CT molecular complexity index is 1610. The lowest BCUT2D eigenvalue weighted by atomic mass is 10.1. The number of esters is 1. The number of carboxylic acids is 1. The molecular formula is C26H24F3N7O5. The second-order valence-electron chi connectivity index (χ2n) is 9.68. The Balaban J connectivity index is 1.46. The van der Waals surface area contributed by atoms with Gasteiger partial charge in [0.25, 0.3) is 0 Å². The maximum absolute atomic E-state index is 13.1. The molecule has 15 heteroatoms. The molecule has 2 aromatic carbocycles. The Labute approximate surface area is 230 Å². The van der Waals surface area contributed by atoms with Crippen LogP contribution < -0.4 is 16.0 Å². The summed E-state index contributed by atoms with van der Waals surface area (Å²) in [5, 5.41) is 16.7. The van der Waals surface area contributed by atoms with Crippen molar-refractivity contribution in [2.24, 2.45) is 0 Å². The summed E-state index contributed by atoms with van der Waals surface area (Å²) in [6, 6.07) is 7.51. The maximum Gasteiger partial charge on any atom is 0.416 e. The van der Waals surface area contributed by atoms with Gasteiger partial charge in [-0.3, -0.25) is 9.36 Å². The first-order chi connectivity index (χ1) is 19.2. The zero-order valence-corrected chi connectivity index (χ0v) is 21.9. The molecule has 12 nitrogen and oxygen atoms in total. The average Bonchev–Trinajstić information content (AvgIpc) is 3.31. The fourth-order valence-electron chi connectivity index (χ4n) is 3.67. The zero-order chi connectivity index (χ0) is 29.9. The number of alkyl halides is 3. The molecule has 0 saturated heterocycles. The molecule has 2 aromatic heterocycles. The van der Waals surface area contributed by atoms with Crippen molar-refractivity contribution < 1.29 is 37.4 Å². The van der Waals surface area contributed by atoms with Crippen LogP contribution in [-0.2, 0) is 15.7 Å². The molecule has 4 aromatic rings. The molecule has 0 aliphatic heterocycles. The van der Waals surface area contributed by atoms with E-state index in [-0.39, 0.29) is 12.2 Å². The van der Waals surface area contributed by atoms with Crippen LogP contribution in [0.25, 0.3) is 16.9 Å². The normalized spacial score (nSPS) is 11.7. The van der Waals surface area contributed by atoms with E-state index in [1.807, 2.05) is 0 Å². The van der Waals surface area contributed by atoms with E-state index in [1.165, 1.54) is 12.7 Å². The first kappa shape index (κ1) is 28.8. The topological polar surface area (TPSA) is 160 Å². The van der Waals surface area contributed by atoms with Gasteiger partial charge in [0, 0.05) is 17.1 Å². The Morgan fingerprint density at radius 2 is 1.63 bits per heavy atom. The standard InChI is InChI=1S/C26H24F3N7O5/c1-25(2,3)41-19(37)11-30-21-20-22(32-12-31-21)36(13-33-20)18-6-4-16(5-7-18)34-24(40)35-17-9-14(23(38)39)8-15(10-17)26(27,28)29/h4-10,12-13H,11H2,1-3H3,(H,38,39)(H,30,31,32)(H2,34,35,40). The van der Waals surface area contributed by atoms with Crippen molar-refractivity contribution in [2.75, 3.05) is 22.5 Å². The number of amides is 2. The molecule has 4 rings (SSSR count). The highest BCUT2D eigenvalue weighted by Crippen LogP contribution is 2.32. The number of halogens is 3. The second kappa shape index (κ2) is 11.1. The van der Waals surface area contributed by atoms with Gasteiger partial charge in [-0.15, -0.1) is 0 Å². The van der Waals surface area contributed by atoms with Crippen molar-refractivity contribution in [1.82, 2.24) is 19.5 Å². The summed E-state index contributed by atoms with van der Waals surface area (Å²) in [5.41, 5.74) is -1.06. The molecule has 2 amide bonds. The number of rotatable bonds is 7. The first-order valence-corrected chi connectivity index (χ1v) is 12.0. The highest BCUT2D eigenvalue weighted by molar-refractivity contribution is 6.01. The van der Waals surface area contributed by atoms with Crippen LogP contribution in [0.15, 0.2) is 55.1 Å². The van der Waals surface area contributed by atoms with Crippen LogP contribution in [0.2, 0.25) is 0 Å². The van der Waals surface area contributed by atoms with Gasteiger partial charge in [-0.2, -0.15) is 13.2 Å². The summed E-state index contributed by atoms with van der Waals surface area (Å²) >= 11 is 0. The summed E-state index contributed by atoms with van der Waals surface area (Å²) in [7, 11) is 0. The lowest BCUT2D eigenvalue weighted by Crippen LogP contribution is -2.28. The van der Waals surface area contributed by atoms with Crippen molar-refractivity contribution in [3.05, 3.63) is 66.2 Å². The van der Waals surface area contributed by atoms with Crippen molar-refractivity contribution in [1.29, 1.82) is 0 Å². The molecule has 0 saturated carbocycles. The third-order valence-electron chi connectivity index (χ3n) is 5.32. The summed E-state index contributed by atoms with van der Waals surface area (Å²) in [5.74, 6) is -1.71. The van der Waals surface area contributed by atoms with Gasteiger partial charge in [0.2, 0.25) is 0 Å². The number of hydrogen-bond donors (Lipinski definition) is 4. The van der Waals surface area contributed by atoms with Gasteiger partial charge < -0.3 is 25.8 Å². The minimum Gasteiger partial charge on any atom is -0.478 e. The van der Waals surface area contributed by atoms with Gasteiger partial charge >= 0.3 is 24.1 Å². The lowest BCUT2D eigenvalue weighted by Gasteiger charge is -2.19. The predicted molar refractivity (Wildman–Crippen MR) is 142 cm³/mol. The third kappa shape index (κ3) is 7.26. The number of urea groups is 1. The number of anilines is 3. The maximum atomic E-state index is 13.1. The second-order valence-corrected chi connectivity index (χ2v) is 9.68. The van der Waals surface area contributed by atoms with Crippen molar-refractivity contribution in [2.45, 2.75) is 32.5 Å². The number of carbonyl (C=O) groups excluding carboxylic acids is 2. The van der Waals surface area contributed by atoms with Crippen LogP contribution in [0.1, 0.15) is 36.7 Å². The Hall–Kier alpha value is -5.21. The molecule has 214 valence electrons. The molecule has 4 N–H and O–H groups in total. The fourth-order valence-corrected chi connectivity index (χ4v) is 3.67. The van der Waals surface area contributed by atoms with Crippen LogP contribution in [0.5, 0.6) is 0 Å². The third-order valence-corrected chi connectivity index (χ3v) is 5.32. The van der Waals surface area contributed by atoms with Crippen LogP contribution >= 0.6 is 0 Å². The number of aromatic carboxylic acids is 1. The van der Waals surface area contributed by atoms with Gasteiger partial charge in [-0.05, 0) is 63.2 Å². The number of carboxylic acid groups (broad SMARTS) is 1. The molecule has 0 bridgehead atoms. The number of nitrogens with zero attached hydrogens (tertiary/aromatic N) is 4. The summed E-state index contributed by atoms with van der Waals surface area (Å²) in [6.07, 6.45) is -1.99. The number of nitrogens with one attached hydrogen (secondary N) is 3. The molecule has 0 atom stereocenters. The molecule has 2 heterocycles. The quantitative estimate of drug-likeness (QED) is 0.226. The van der Waals surface area contributed by atoms with Crippen LogP contribution in [0.3, 0.4) is 0 Å². The molecule has 0 radical (unpaired) electrons. The monoisotopic (exact) mass is 571 g/mol. The minimum atomic E-state index is -4.80. The van der Waals surface area contributed by atoms with E-state index in [2.05, 4.69) is 30.9 Å². The van der Waals surface area contributed by atoms with Crippen molar-refractivity contribution >= 4 is 46.3 Å². The minimum absolute atomic E-state index is 0.128. The average molecular weight is 572 g/mol. The molecule has 0 fully saturated rings. The van der Waals surface area contributed by atoms with Crippen molar-refractivity contribution in [3.8, 4) is 5.69 Å². The summed E-state index contributed by atoms with van der Waals surface area (Å²) in [4.78, 5) is 48.4. The number of fused-ring (bicyclic) bond motifs is 1. The van der Waals surface area contributed by atoms with E-state index in [0.29, 0.717) is 40.5 Å². The predicted octanol–water partition coefficient (Wildman–Crippen LogP) is 4.93. The van der Waals surface area contributed by atoms with Crippen LogP contribution in [0, 0.1) is 0 Å². The molecular weight excluding hydrogens is 547 g/mol. The lowest BCUT2D eigenvalue weighted by molar-refractivity contribution is -0.152. The van der Waals surface area contributed by atoms with Crippen LogP contribution in [0.4, 0.5) is 35.2 Å². The summed E-state index contributed by atoms with van der Waals surface area (Å²) in [6.45, 7) is 5.15. The first-order valence-electron chi connectivity index (χ1n) is 12.0. The SMILES string of the molecule is CC(C)(C)OC(=O)CNc1ncnc2c1ncn2-c1ccc(NC(=O)Nc2cc(C(=O)O)cc(C(F)(F)F)c2)cc1. The van der Waals surface area contributed by atoms with E-state index in [1.54, 1.807) is 49.6 Å². The Morgan fingerprint density at radius 3 is 2.27 bits per heavy atom. The number of benzene rings is 2. The fraction of sp³-hybridized carbons (Fsp3) is 0.231. The highest BCUT2D eigenvalue weighted by atomic mass is 19.4. The van der Waals surface area contributed by atoms with Gasteiger partial charge in [0.05, 0.1) is 11.1 Å². The number of hydrogen-bond acceptors (Lipinski definition) is 8. The van der Waals surface area contributed by atoms with E-state index in [0.717, 1.165) is 6.07 Å². The molecule has 41 heavy (non-hydrogen) atoms. The zero-order valence-electron chi connectivity index (χ0n) is 21.9. The summed E-state index contributed by atoms with van der Waals surface area (Å²) < 4.78 is 46.3. The Kier molecular flexibility index (Phi) is 7.80. The van der Waals surface area contributed by atoms with Gasteiger partial charge in [-0.25, -0.2) is 24.5 Å².